The van der Waals surface area contributed by atoms with Crippen molar-refractivity contribution in [3.63, 3.8) is 0 Å². The molecule has 0 aliphatic heterocycles. The fraction of sp³-hybridized carbons (Fsp3) is 0.296. The van der Waals surface area contributed by atoms with Gasteiger partial charge in [0.25, 0.3) is 0 Å². The summed E-state index contributed by atoms with van der Waals surface area (Å²) < 4.78 is 35.8. The van der Waals surface area contributed by atoms with Crippen LogP contribution in [0.15, 0.2) is 66.9 Å². The Hall–Kier alpha value is -3.56. The van der Waals surface area contributed by atoms with Gasteiger partial charge in [0.05, 0.1) is 30.6 Å². The molecular formula is C27H31N2O8P. The van der Waals surface area contributed by atoms with Gasteiger partial charge in [-0.05, 0) is 52.0 Å². The number of pyridine rings is 1. The highest BCUT2D eigenvalue weighted by Gasteiger charge is 2.33. The number of ether oxygens (including phenoxy) is 2. The summed E-state index contributed by atoms with van der Waals surface area (Å²) in [6.07, 6.45) is 1.05. The summed E-state index contributed by atoms with van der Waals surface area (Å²) in [7, 11) is -4.16. The van der Waals surface area contributed by atoms with Crippen molar-refractivity contribution in [1.82, 2.24) is 10.1 Å². The highest BCUT2D eigenvalue weighted by Crippen LogP contribution is 2.46. The minimum absolute atomic E-state index is 0.0723. The predicted octanol–water partition coefficient (Wildman–Crippen LogP) is 4.73. The van der Waals surface area contributed by atoms with Gasteiger partial charge in [-0.1, -0.05) is 36.4 Å². The number of rotatable bonds is 12. The topological polar surface area (TPSA) is 133 Å². The molecule has 0 amide bonds. The van der Waals surface area contributed by atoms with Crippen LogP contribution in [0.1, 0.15) is 48.0 Å². The normalized spacial score (nSPS) is 13.4. The third kappa shape index (κ3) is 7.97. The molecule has 0 spiro atoms. The number of esters is 2. The number of nitrogens with zero attached hydrogens (tertiary/aromatic N) is 1. The molecule has 0 aliphatic carbocycles. The number of aliphatic hydroxyl groups is 1. The maximum Gasteiger partial charge on any atom is 0.459 e. The standard InChI is InChI=1S/C27H31N2O8P/c1-18(2)35-26(31)20(4)29-38(33,37-23-13-9-6-10-14-23)34-17-22-15-28-19(3)25(24(22)16-30)36-27(32)21-11-7-5-8-12-21/h5-15,18,20,30H,16-17H2,1-4H3,(H,29,33)/t20-,38?/m0/s1. The maximum absolute atomic E-state index is 13.7. The molecule has 0 saturated heterocycles. The molecule has 1 unspecified atom stereocenters. The van der Waals surface area contributed by atoms with Crippen LogP contribution in [-0.4, -0.2) is 34.2 Å². The minimum atomic E-state index is -4.16. The van der Waals surface area contributed by atoms with Crippen molar-refractivity contribution in [3.05, 3.63) is 89.2 Å². The second-order valence-electron chi connectivity index (χ2n) is 8.60. The first-order valence-electron chi connectivity index (χ1n) is 11.9. The molecule has 2 N–H and O–H groups in total. The number of nitrogens with one attached hydrogen (secondary N) is 1. The van der Waals surface area contributed by atoms with Crippen molar-refractivity contribution < 1.29 is 37.8 Å². The van der Waals surface area contributed by atoms with Crippen molar-refractivity contribution in [2.45, 2.75) is 53.1 Å². The summed E-state index contributed by atoms with van der Waals surface area (Å²) in [5.74, 6) is -0.943. The summed E-state index contributed by atoms with van der Waals surface area (Å²) in [6.45, 7) is 5.65. The number of aromatic nitrogens is 1. The second kappa shape index (κ2) is 13.3. The first-order chi connectivity index (χ1) is 18.1. The average molecular weight is 543 g/mol. The highest BCUT2D eigenvalue weighted by molar-refractivity contribution is 7.52. The average Bonchev–Trinajstić information content (AvgIpc) is 2.89. The van der Waals surface area contributed by atoms with Gasteiger partial charge in [0.15, 0.2) is 5.75 Å². The quantitative estimate of drug-likeness (QED) is 0.244. The lowest BCUT2D eigenvalue weighted by Crippen LogP contribution is -2.36. The molecular weight excluding hydrogens is 511 g/mol. The van der Waals surface area contributed by atoms with Crippen molar-refractivity contribution >= 4 is 19.7 Å². The summed E-state index contributed by atoms with van der Waals surface area (Å²) >= 11 is 0. The monoisotopic (exact) mass is 542 g/mol. The Morgan fingerprint density at radius 3 is 2.26 bits per heavy atom. The smallest absolute Gasteiger partial charge is 0.459 e. The lowest BCUT2D eigenvalue weighted by molar-refractivity contribution is -0.149. The number of aliphatic hydroxyl groups excluding tert-OH is 1. The number of hydrogen-bond acceptors (Lipinski definition) is 9. The van der Waals surface area contributed by atoms with E-state index in [1.165, 1.54) is 13.1 Å². The molecule has 202 valence electrons. The number of benzene rings is 2. The van der Waals surface area contributed by atoms with E-state index in [1.54, 1.807) is 81.4 Å². The number of hydrogen-bond donors (Lipinski definition) is 2. The van der Waals surface area contributed by atoms with Crippen LogP contribution in [0.4, 0.5) is 0 Å². The van der Waals surface area contributed by atoms with Crippen LogP contribution < -0.4 is 14.3 Å². The van der Waals surface area contributed by atoms with E-state index in [1.807, 2.05) is 0 Å². The Labute approximate surface area is 221 Å². The van der Waals surface area contributed by atoms with E-state index in [9.17, 15) is 19.3 Å². The van der Waals surface area contributed by atoms with Crippen molar-refractivity contribution in [1.29, 1.82) is 0 Å². The van der Waals surface area contributed by atoms with Gasteiger partial charge in [0.1, 0.15) is 11.8 Å². The summed E-state index contributed by atoms with van der Waals surface area (Å²) in [4.78, 5) is 29.2. The molecule has 1 aromatic heterocycles. The van der Waals surface area contributed by atoms with Crippen LogP contribution >= 0.6 is 7.75 Å². The first kappa shape index (κ1) is 29.0. The largest absolute Gasteiger partial charge is 0.462 e. The Morgan fingerprint density at radius 1 is 1.03 bits per heavy atom. The van der Waals surface area contributed by atoms with Crippen molar-refractivity contribution in [2.75, 3.05) is 0 Å². The van der Waals surface area contributed by atoms with Gasteiger partial charge < -0.3 is 19.1 Å². The molecule has 0 bridgehead atoms. The van der Waals surface area contributed by atoms with Gasteiger partial charge in [-0.15, -0.1) is 0 Å². The van der Waals surface area contributed by atoms with Gasteiger partial charge in [-0.2, -0.15) is 5.09 Å². The van der Waals surface area contributed by atoms with Gasteiger partial charge in [-0.25, -0.2) is 9.36 Å². The number of para-hydroxylation sites is 1. The summed E-state index contributed by atoms with van der Waals surface area (Å²) in [5, 5.41) is 12.7. The third-order valence-electron chi connectivity index (χ3n) is 5.18. The Kier molecular flexibility index (Phi) is 10.2. The lowest BCUT2D eigenvalue weighted by Gasteiger charge is -2.24. The summed E-state index contributed by atoms with van der Waals surface area (Å²) in [5.41, 5.74) is 1.24. The Bertz CT molecular complexity index is 1280. The van der Waals surface area contributed by atoms with Crippen LogP contribution in [0, 0.1) is 6.92 Å². The molecule has 10 nitrogen and oxygen atoms in total. The molecule has 0 aliphatic rings. The molecule has 3 rings (SSSR count). The van der Waals surface area contributed by atoms with E-state index < -0.39 is 32.3 Å². The fourth-order valence-corrected chi connectivity index (χ4v) is 4.79. The van der Waals surface area contributed by atoms with Crippen LogP contribution in [0.25, 0.3) is 0 Å². The SMILES string of the molecule is Cc1ncc(COP(=O)(N[C@@H](C)C(=O)OC(C)C)Oc2ccccc2)c(CO)c1OC(=O)c1ccccc1. The third-order valence-corrected chi connectivity index (χ3v) is 6.81. The van der Waals surface area contributed by atoms with Crippen LogP contribution in [-0.2, 0) is 31.8 Å². The zero-order chi connectivity index (χ0) is 27.7. The molecule has 3 aromatic rings. The second-order valence-corrected chi connectivity index (χ2v) is 10.3. The molecule has 2 aromatic carbocycles. The Balaban J connectivity index is 1.85. The van der Waals surface area contributed by atoms with E-state index in [-0.39, 0.29) is 29.8 Å². The minimum Gasteiger partial charge on any atom is -0.462 e. The molecule has 1 heterocycles. The highest BCUT2D eigenvalue weighted by atomic mass is 31.2. The molecule has 0 radical (unpaired) electrons. The van der Waals surface area contributed by atoms with E-state index in [2.05, 4.69) is 10.1 Å². The van der Waals surface area contributed by atoms with E-state index in [0.717, 1.165) is 0 Å². The van der Waals surface area contributed by atoms with E-state index >= 15 is 0 Å². The van der Waals surface area contributed by atoms with Crippen LogP contribution in [0.3, 0.4) is 0 Å². The van der Waals surface area contributed by atoms with Gasteiger partial charge >= 0.3 is 19.7 Å². The zero-order valence-corrected chi connectivity index (χ0v) is 22.5. The number of carbonyl (C=O) groups is 2. The van der Waals surface area contributed by atoms with Gasteiger partial charge in [-0.3, -0.25) is 14.3 Å². The van der Waals surface area contributed by atoms with Crippen molar-refractivity contribution in [2.24, 2.45) is 0 Å². The van der Waals surface area contributed by atoms with Crippen molar-refractivity contribution in [3.8, 4) is 11.5 Å². The molecule has 2 atom stereocenters. The van der Waals surface area contributed by atoms with E-state index in [0.29, 0.717) is 16.8 Å². The lowest BCUT2D eigenvalue weighted by atomic mass is 10.1. The van der Waals surface area contributed by atoms with Crippen LogP contribution in [0.5, 0.6) is 11.5 Å². The number of aryl methyl sites for hydroxylation is 1. The summed E-state index contributed by atoms with van der Waals surface area (Å²) in [6, 6.07) is 15.7. The molecule has 0 saturated carbocycles. The molecule has 38 heavy (non-hydrogen) atoms. The van der Waals surface area contributed by atoms with Crippen LogP contribution in [0.2, 0.25) is 0 Å². The number of carbonyl (C=O) groups excluding carboxylic acids is 2. The van der Waals surface area contributed by atoms with Gasteiger partial charge in [0.2, 0.25) is 0 Å². The fourth-order valence-electron chi connectivity index (χ4n) is 3.32. The first-order valence-corrected chi connectivity index (χ1v) is 13.5. The zero-order valence-electron chi connectivity index (χ0n) is 21.6. The molecule has 11 heteroatoms. The van der Waals surface area contributed by atoms with E-state index in [4.69, 9.17) is 18.5 Å². The molecule has 0 fully saturated rings. The van der Waals surface area contributed by atoms with Gasteiger partial charge in [0, 0.05) is 17.3 Å². The maximum atomic E-state index is 13.7. The predicted molar refractivity (Wildman–Crippen MR) is 140 cm³/mol. The Morgan fingerprint density at radius 2 is 1.66 bits per heavy atom.